The van der Waals surface area contributed by atoms with Crippen LogP contribution in [0.4, 0.5) is 0 Å². The fraction of sp³-hybridized carbons (Fsp3) is 0.458. The van der Waals surface area contributed by atoms with Crippen molar-refractivity contribution in [3.63, 3.8) is 0 Å². The first-order valence-corrected chi connectivity index (χ1v) is 11.4. The van der Waals surface area contributed by atoms with Crippen molar-refractivity contribution in [1.82, 2.24) is 9.88 Å². The highest BCUT2D eigenvalue weighted by Gasteiger charge is 2.46. The van der Waals surface area contributed by atoms with Crippen molar-refractivity contribution in [2.45, 2.75) is 43.3 Å². The van der Waals surface area contributed by atoms with Crippen LogP contribution in [-0.4, -0.2) is 57.7 Å². The van der Waals surface area contributed by atoms with Gasteiger partial charge in [-0.1, -0.05) is 30.3 Å². The summed E-state index contributed by atoms with van der Waals surface area (Å²) < 4.78 is -0.216. The zero-order valence-electron chi connectivity index (χ0n) is 17.9. The van der Waals surface area contributed by atoms with Gasteiger partial charge in [0.2, 0.25) is 0 Å². The SMILES string of the molecule is C=N.Cc1ccc(-c2ccc(C3(CN4CCSC(C)(CO)CC4=N)CC3)cc2)cn1. The summed E-state index contributed by atoms with van der Waals surface area (Å²) in [6.07, 6.45) is 4.95. The third-order valence-electron chi connectivity index (χ3n) is 6.16. The third-order valence-corrected chi connectivity index (χ3v) is 7.52. The molecule has 1 aromatic carbocycles. The van der Waals surface area contributed by atoms with E-state index in [9.17, 15) is 5.11 Å². The van der Waals surface area contributed by atoms with Crippen molar-refractivity contribution in [1.29, 1.82) is 10.8 Å². The summed E-state index contributed by atoms with van der Waals surface area (Å²) in [4.78, 5) is 6.65. The number of aryl methyl sites for hydroxylation is 1. The van der Waals surface area contributed by atoms with Gasteiger partial charge in [0.15, 0.2) is 0 Å². The molecule has 1 unspecified atom stereocenters. The zero-order valence-corrected chi connectivity index (χ0v) is 18.8. The molecular formula is C24H32N4OS. The zero-order chi connectivity index (χ0) is 21.8. The second-order valence-corrected chi connectivity index (χ2v) is 10.2. The van der Waals surface area contributed by atoms with Crippen LogP contribution < -0.4 is 0 Å². The van der Waals surface area contributed by atoms with Crippen LogP contribution in [0, 0.1) is 17.7 Å². The first-order chi connectivity index (χ1) is 14.4. The van der Waals surface area contributed by atoms with Crippen LogP contribution >= 0.6 is 11.8 Å². The van der Waals surface area contributed by atoms with Gasteiger partial charge in [-0.2, -0.15) is 11.8 Å². The van der Waals surface area contributed by atoms with E-state index >= 15 is 0 Å². The lowest BCUT2D eigenvalue weighted by Gasteiger charge is -2.30. The highest BCUT2D eigenvalue weighted by Crippen LogP contribution is 2.49. The molecule has 1 aliphatic heterocycles. The second kappa shape index (κ2) is 9.31. The van der Waals surface area contributed by atoms with Crippen LogP contribution in [0.25, 0.3) is 11.1 Å². The molecule has 3 N–H and O–H groups in total. The Hall–Kier alpha value is -2.18. The monoisotopic (exact) mass is 424 g/mol. The van der Waals surface area contributed by atoms with Gasteiger partial charge in [-0.15, -0.1) is 0 Å². The Morgan fingerprint density at radius 1 is 1.13 bits per heavy atom. The number of hydrogen-bond donors (Lipinski definition) is 3. The fourth-order valence-corrected chi connectivity index (χ4v) is 5.17. The lowest BCUT2D eigenvalue weighted by molar-refractivity contribution is 0.257. The summed E-state index contributed by atoms with van der Waals surface area (Å²) in [7, 11) is 0. The van der Waals surface area contributed by atoms with E-state index in [0.29, 0.717) is 12.3 Å². The van der Waals surface area contributed by atoms with Gasteiger partial charge in [0, 0.05) is 52.9 Å². The van der Waals surface area contributed by atoms with Gasteiger partial charge in [-0.25, -0.2) is 0 Å². The first kappa shape index (κ1) is 22.5. The Labute approximate surface area is 183 Å². The molecular weight excluding hydrogens is 392 g/mol. The van der Waals surface area contributed by atoms with E-state index in [0.717, 1.165) is 30.1 Å². The molecule has 160 valence electrons. The second-order valence-electron chi connectivity index (χ2n) is 8.55. The Morgan fingerprint density at radius 2 is 1.80 bits per heavy atom. The maximum Gasteiger partial charge on any atom is 0.0973 e. The summed E-state index contributed by atoms with van der Waals surface area (Å²) in [5.74, 6) is 1.64. The highest BCUT2D eigenvalue weighted by molar-refractivity contribution is 8.00. The van der Waals surface area contributed by atoms with Crippen molar-refractivity contribution < 1.29 is 5.11 Å². The number of benzene rings is 1. The number of rotatable bonds is 5. The van der Waals surface area contributed by atoms with Crippen LogP contribution in [0.15, 0.2) is 42.6 Å². The average molecular weight is 425 g/mol. The largest absolute Gasteiger partial charge is 0.395 e. The molecule has 4 rings (SSSR count). The van der Waals surface area contributed by atoms with Crippen LogP contribution in [0.1, 0.15) is 37.4 Å². The van der Waals surface area contributed by atoms with Gasteiger partial charge in [-0.05, 0) is 50.6 Å². The summed E-state index contributed by atoms with van der Waals surface area (Å²) in [6, 6.07) is 13.1. The van der Waals surface area contributed by atoms with Crippen molar-refractivity contribution in [3.05, 3.63) is 53.9 Å². The Balaban J connectivity index is 0.00000124. The quantitative estimate of drug-likeness (QED) is 0.616. The normalized spacial score (nSPS) is 22.6. The number of aliphatic hydroxyl groups is 1. The summed E-state index contributed by atoms with van der Waals surface area (Å²) in [5, 5.41) is 23.8. The molecule has 6 heteroatoms. The topological polar surface area (TPSA) is 84.1 Å². The summed E-state index contributed by atoms with van der Waals surface area (Å²) in [5.41, 5.74) is 4.95. The van der Waals surface area contributed by atoms with Gasteiger partial charge in [0.25, 0.3) is 0 Å². The van der Waals surface area contributed by atoms with Crippen molar-refractivity contribution >= 4 is 24.3 Å². The van der Waals surface area contributed by atoms with E-state index in [-0.39, 0.29) is 16.8 Å². The molecule has 1 saturated carbocycles. The van der Waals surface area contributed by atoms with Gasteiger partial charge < -0.3 is 15.4 Å². The minimum absolute atomic E-state index is 0.133. The first-order valence-electron chi connectivity index (χ1n) is 10.4. The number of aliphatic hydroxyl groups excluding tert-OH is 1. The van der Waals surface area contributed by atoms with Gasteiger partial charge in [-0.3, -0.25) is 10.4 Å². The Kier molecular flexibility index (Phi) is 6.98. The highest BCUT2D eigenvalue weighted by atomic mass is 32.2. The molecule has 2 fully saturated rings. The number of amidine groups is 1. The number of thioether (sulfide) groups is 1. The molecule has 1 atom stereocenters. The molecule has 1 aromatic heterocycles. The number of nitrogens with one attached hydrogen (secondary N) is 2. The fourth-order valence-electron chi connectivity index (χ4n) is 4.04. The van der Waals surface area contributed by atoms with Gasteiger partial charge in [0.05, 0.1) is 12.4 Å². The van der Waals surface area contributed by atoms with Crippen molar-refractivity contribution in [3.8, 4) is 11.1 Å². The molecule has 0 bridgehead atoms. The molecule has 30 heavy (non-hydrogen) atoms. The number of pyridine rings is 1. The molecule has 5 nitrogen and oxygen atoms in total. The number of nitrogens with zero attached hydrogens (tertiary/aromatic N) is 2. The molecule has 2 aliphatic rings. The number of hydrogen-bond acceptors (Lipinski definition) is 5. The van der Waals surface area contributed by atoms with Gasteiger partial charge >= 0.3 is 0 Å². The van der Waals surface area contributed by atoms with E-state index in [1.54, 1.807) is 11.8 Å². The minimum atomic E-state index is -0.216. The van der Waals surface area contributed by atoms with E-state index in [4.69, 9.17) is 10.8 Å². The van der Waals surface area contributed by atoms with E-state index in [1.807, 2.05) is 13.1 Å². The third kappa shape index (κ3) is 4.93. The van der Waals surface area contributed by atoms with E-state index in [2.05, 4.69) is 59.9 Å². The van der Waals surface area contributed by atoms with Gasteiger partial charge in [0.1, 0.15) is 0 Å². The minimum Gasteiger partial charge on any atom is -0.395 e. The maximum atomic E-state index is 9.70. The van der Waals surface area contributed by atoms with Crippen molar-refractivity contribution in [2.24, 2.45) is 0 Å². The molecule has 2 heterocycles. The van der Waals surface area contributed by atoms with Crippen LogP contribution in [0.3, 0.4) is 0 Å². The molecule has 2 aromatic rings. The van der Waals surface area contributed by atoms with Crippen LogP contribution in [-0.2, 0) is 5.41 Å². The van der Waals surface area contributed by atoms with E-state index in [1.165, 1.54) is 24.0 Å². The van der Waals surface area contributed by atoms with E-state index < -0.39 is 0 Å². The maximum absolute atomic E-state index is 9.70. The lowest BCUT2D eigenvalue weighted by atomic mass is 9.93. The molecule has 0 radical (unpaired) electrons. The molecule has 1 saturated heterocycles. The van der Waals surface area contributed by atoms with Crippen LogP contribution in [0.5, 0.6) is 0 Å². The predicted octanol–water partition coefficient (Wildman–Crippen LogP) is 4.52. The Morgan fingerprint density at radius 3 is 2.37 bits per heavy atom. The predicted molar refractivity (Wildman–Crippen MR) is 127 cm³/mol. The molecule has 1 aliphatic carbocycles. The molecule has 0 amide bonds. The summed E-state index contributed by atoms with van der Waals surface area (Å²) in [6.45, 7) is 8.52. The molecule has 0 spiro atoms. The number of aromatic nitrogens is 1. The van der Waals surface area contributed by atoms with Crippen molar-refractivity contribution in [2.75, 3.05) is 25.4 Å². The average Bonchev–Trinajstić information content (AvgIpc) is 3.57. The smallest absolute Gasteiger partial charge is 0.0973 e. The lowest BCUT2D eigenvalue weighted by Crippen LogP contribution is -2.39. The standard InChI is InChI=1S/C23H29N3OS.CH3N/c1-17-3-4-19(14-25-17)18-5-7-20(8-6-18)23(9-10-23)15-26-11-12-28-22(2,16-27)13-21(26)24;1-2/h3-8,14,24,27H,9-13,15-16H2,1-2H3;2H,1H2. The Bertz CT molecular complexity index is 864. The van der Waals surface area contributed by atoms with Crippen LogP contribution in [0.2, 0.25) is 0 Å². The summed E-state index contributed by atoms with van der Waals surface area (Å²) >= 11 is 1.80.